The lowest BCUT2D eigenvalue weighted by atomic mass is 10.0. The summed E-state index contributed by atoms with van der Waals surface area (Å²) in [6.07, 6.45) is -5.47. The smallest absolute Gasteiger partial charge is 0.333 e. The van der Waals surface area contributed by atoms with Gasteiger partial charge in [-0.15, -0.1) is 10.2 Å². The number of azide groups is 1. The van der Waals surface area contributed by atoms with Crippen molar-refractivity contribution < 1.29 is 31.1 Å². The van der Waals surface area contributed by atoms with Crippen LogP contribution in [-0.2, 0) is 30.5 Å². The Bertz CT molecular complexity index is 1010. The molecule has 0 bridgehead atoms. The second-order valence-electron chi connectivity index (χ2n) is 6.53. The Kier molecular flexibility index (Phi) is 5.87. The van der Waals surface area contributed by atoms with Gasteiger partial charge >= 0.3 is 6.18 Å². The van der Waals surface area contributed by atoms with Crippen molar-refractivity contribution >= 4 is 5.91 Å². The highest BCUT2D eigenvalue weighted by atomic mass is 19.4. The molecule has 0 fully saturated rings. The number of fused-ring (bicyclic) bond motifs is 1. The predicted octanol–water partition coefficient (Wildman–Crippen LogP) is 3.37. The van der Waals surface area contributed by atoms with Crippen molar-refractivity contribution in [1.82, 2.24) is 19.7 Å². The Hall–Kier alpha value is -3.28. The van der Waals surface area contributed by atoms with Gasteiger partial charge < -0.3 is 9.47 Å². The summed E-state index contributed by atoms with van der Waals surface area (Å²) in [4.78, 5) is 16.3. The topological polar surface area (TPSA) is 99.8 Å². The van der Waals surface area contributed by atoms with E-state index >= 15 is 0 Å². The van der Waals surface area contributed by atoms with E-state index in [4.69, 9.17) is 5.53 Å². The van der Waals surface area contributed by atoms with Gasteiger partial charge in [0, 0.05) is 30.5 Å². The number of halogens is 6. The molecule has 0 radical (unpaired) electrons. The molecule has 0 saturated heterocycles. The summed E-state index contributed by atoms with van der Waals surface area (Å²) in [5, 5.41) is 9.97. The van der Waals surface area contributed by atoms with Gasteiger partial charge in [-0.3, -0.25) is 4.79 Å². The maximum Gasteiger partial charge on any atom is 0.451 e. The summed E-state index contributed by atoms with van der Waals surface area (Å²) in [7, 11) is 0. The van der Waals surface area contributed by atoms with E-state index in [1.807, 2.05) is 0 Å². The molecule has 1 aromatic heterocycles. The molecular weight excluding hydrogens is 420 g/mol. The predicted molar refractivity (Wildman–Crippen MR) is 88.0 cm³/mol. The Labute approximate surface area is 164 Å². The van der Waals surface area contributed by atoms with Crippen LogP contribution in [0.4, 0.5) is 26.3 Å². The minimum atomic E-state index is -4.68. The van der Waals surface area contributed by atoms with Crippen LogP contribution in [0.2, 0.25) is 0 Å². The molecule has 30 heavy (non-hydrogen) atoms. The molecule has 1 aromatic carbocycles. The van der Waals surface area contributed by atoms with Gasteiger partial charge in [0.1, 0.15) is 5.82 Å². The molecule has 8 nitrogen and oxygen atoms in total. The number of hydrogen-bond donors (Lipinski definition) is 0. The molecule has 0 spiro atoms. The summed E-state index contributed by atoms with van der Waals surface area (Å²) >= 11 is 0. The van der Waals surface area contributed by atoms with E-state index in [1.54, 1.807) is 0 Å². The highest BCUT2D eigenvalue weighted by molar-refractivity contribution is 5.77. The number of aromatic nitrogens is 3. The lowest BCUT2D eigenvalue weighted by Gasteiger charge is -2.29. The Morgan fingerprint density at radius 2 is 1.87 bits per heavy atom. The molecule has 0 N–H and O–H groups in total. The first kappa shape index (κ1) is 21.4. The molecular formula is C16H13F6N7O. The maximum atomic E-state index is 13.8. The van der Waals surface area contributed by atoms with Crippen molar-refractivity contribution in [1.29, 1.82) is 0 Å². The SMILES string of the molecule is [N-]=[N+]=NC(CC(=O)N1CCn2c(nnc2C(F)(F)F)C1)Cc1cc(F)c(F)cc1F. The number of alkyl halides is 3. The summed E-state index contributed by atoms with van der Waals surface area (Å²) in [6.45, 7) is -0.507. The van der Waals surface area contributed by atoms with Crippen LogP contribution in [-0.4, -0.2) is 38.2 Å². The molecule has 0 saturated carbocycles. The van der Waals surface area contributed by atoms with Crippen molar-refractivity contribution in [2.75, 3.05) is 6.54 Å². The zero-order chi connectivity index (χ0) is 22.1. The Morgan fingerprint density at radius 3 is 2.53 bits per heavy atom. The average Bonchev–Trinajstić information content (AvgIpc) is 3.09. The van der Waals surface area contributed by atoms with E-state index in [1.165, 1.54) is 4.90 Å². The first-order valence-corrected chi connectivity index (χ1v) is 8.54. The normalized spacial score (nSPS) is 14.8. The van der Waals surface area contributed by atoms with Crippen LogP contribution in [0.5, 0.6) is 0 Å². The van der Waals surface area contributed by atoms with Crippen molar-refractivity contribution in [2.45, 2.75) is 38.1 Å². The van der Waals surface area contributed by atoms with Crippen LogP contribution in [0, 0.1) is 17.5 Å². The summed E-state index contributed by atoms with van der Waals surface area (Å²) in [6, 6.07) is -0.167. The van der Waals surface area contributed by atoms with E-state index < -0.39 is 47.8 Å². The fourth-order valence-electron chi connectivity index (χ4n) is 3.11. The van der Waals surface area contributed by atoms with Crippen LogP contribution in [0.25, 0.3) is 10.4 Å². The summed E-state index contributed by atoms with van der Waals surface area (Å²) in [5.41, 5.74) is 8.41. The average molecular weight is 433 g/mol. The third kappa shape index (κ3) is 4.48. The highest BCUT2D eigenvalue weighted by Gasteiger charge is 2.40. The van der Waals surface area contributed by atoms with Gasteiger partial charge in [0.2, 0.25) is 11.7 Å². The maximum absolute atomic E-state index is 13.8. The lowest BCUT2D eigenvalue weighted by molar-refractivity contribution is -0.148. The molecule has 160 valence electrons. The number of rotatable bonds is 5. The number of carbonyl (C=O) groups excluding carboxylic acids is 1. The standard InChI is InChI=1S/C16H13F6N7O/c17-10-6-12(19)11(18)4-8(10)3-9(24-27-23)5-14(30)28-1-2-29-13(7-28)25-26-15(29)16(20,21)22/h4,6,9H,1-3,5,7H2. The van der Waals surface area contributed by atoms with E-state index in [9.17, 15) is 31.1 Å². The van der Waals surface area contributed by atoms with Gasteiger partial charge in [0.05, 0.1) is 12.6 Å². The number of carbonyl (C=O) groups is 1. The van der Waals surface area contributed by atoms with Crippen molar-refractivity contribution in [2.24, 2.45) is 5.11 Å². The zero-order valence-electron chi connectivity index (χ0n) is 15.1. The molecule has 2 heterocycles. The first-order chi connectivity index (χ1) is 14.1. The fraction of sp³-hybridized carbons (Fsp3) is 0.438. The van der Waals surface area contributed by atoms with Crippen LogP contribution in [0.1, 0.15) is 23.6 Å². The molecule has 3 rings (SSSR count). The van der Waals surface area contributed by atoms with Gasteiger partial charge in [0.15, 0.2) is 17.5 Å². The van der Waals surface area contributed by atoms with E-state index in [2.05, 4.69) is 20.2 Å². The molecule has 0 aliphatic carbocycles. The third-order valence-corrected chi connectivity index (χ3v) is 4.53. The highest BCUT2D eigenvalue weighted by Crippen LogP contribution is 2.29. The van der Waals surface area contributed by atoms with Crippen LogP contribution < -0.4 is 0 Å². The van der Waals surface area contributed by atoms with Gasteiger partial charge in [-0.1, -0.05) is 5.11 Å². The minimum absolute atomic E-state index is 0.0612. The lowest BCUT2D eigenvalue weighted by Crippen LogP contribution is -2.40. The molecule has 1 aliphatic heterocycles. The quantitative estimate of drug-likeness (QED) is 0.238. The number of amides is 1. The van der Waals surface area contributed by atoms with Crippen LogP contribution >= 0.6 is 0 Å². The Morgan fingerprint density at radius 1 is 1.17 bits per heavy atom. The number of benzene rings is 1. The van der Waals surface area contributed by atoms with Crippen molar-refractivity contribution in [3.05, 3.63) is 57.2 Å². The van der Waals surface area contributed by atoms with E-state index in [0.29, 0.717) is 12.1 Å². The van der Waals surface area contributed by atoms with E-state index in [-0.39, 0.29) is 37.4 Å². The van der Waals surface area contributed by atoms with Crippen LogP contribution in [0.3, 0.4) is 0 Å². The second kappa shape index (κ2) is 8.22. The molecule has 14 heteroatoms. The summed E-state index contributed by atoms with van der Waals surface area (Å²) in [5.74, 6) is -5.56. The third-order valence-electron chi connectivity index (χ3n) is 4.53. The van der Waals surface area contributed by atoms with Gasteiger partial charge in [-0.25, -0.2) is 13.2 Å². The molecule has 1 aliphatic rings. The Balaban J connectivity index is 1.71. The minimum Gasteiger partial charge on any atom is -0.333 e. The largest absolute Gasteiger partial charge is 0.451 e. The van der Waals surface area contributed by atoms with Crippen LogP contribution in [0.15, 0.2) is 17.2 Å². The molecule has 1 atom stereocenters. The van der Waals surface area contributed by atoms with Crippen molar-refractivity contribution in [3.8, 4) is 0 Å². The fourth-order valence-corrected chi connectivity index (χ4v) is 3.11. The zero-order valence-corrected chi connectivity index (χ0v) is 15.1. The van der Waals surface area contributed by atoms with Gasteiger partial charge in [0.25, 0.3) is 0 Å². The number of hydrogen-bond acceptors (Lipinski definition) is 4. The molecule has 2 aromatic rings. The first-order valence-electron chi connectivity index (χ1n) is 8.54. The molecule has 1 amide bonds. The van der Waals surface area contributed by atoms with E-state index in [0.717, 1.165) is 4.57 Å². The summed E-state index contributed by atoms with van der Waals surface area (Å²) < 4.78 is 79.8. The van der Waals surface area contributed by atoms with Gasteiger partial charge in [-0.2, -0.15) is 13.2 Å². The monoisotopic (exact) mass is 433 g/mol. The van der Waals surface area contributed by atoms with Gasteiger partial charge in [-0.05, 0) is 23.6 Å². The number of nitrogens with zero attached hydrogens (tertiary/aromatic N) is 7. The molecule has 1 unspecified atom stereocenters. The second-order valence-corrected chi connectivity index (χ2v) is 6.53. The van der Waals surface area contributed by atoms with Crippen molar-refractivity contribution in [3.63, 3.8) is 0 Å².